The Morgan fingerprint density at radius 1 is 1.24 bits per heavy atom. The fourth-order valence-electron chi connectivity index (χ4n) is 2.44. The second-order valence-corrected chi connectivity index (χ2v) is 7.33. The number of hydrogen-bond acceptors (Lipinski definition) is 4. The van der Waals surface area contributed by atoms with Crippen molar-refractivity contribution < 1.29 is 8.42 Å². The van der Waals surface area contributed by atoms with E-state index < -0.39 is 9.84 Å². The van der Waals surface area contributed by atoms with Gasteiger partial charge in [0.15, 0.2) is 9.84 Å². The van der Waals surface area contributed by atoms with Crippen LogP contribution in [0.5, 0.6) is 0 Å². The Labute approximate surface area is 105 Å². The molecule has 1 aliphatic carbocycles. The third-order valence-electron chi connectivity index (χ3n) is 3.62. The highest BCUT2D eigenvalue weighted by Crippen LogP contribution is 2.23. The lowest BCUT2D eigenvalue weighted by Gasteiger charge is -2.28. The standard InChI is InChI=1S/C12H26N2O2S/c1-2-17(15,16)11-10-14(9-5-8-13)12-6-3-4-7-12/h12H,2-11,13H2,1H3. The first kappa shape index (κ1) is 14.9. The van der Waals surface area contributed by atoms with E-state index in [0.29, 0.717) is 24.9 Å². The van der Waals surface area contributed by atoms with E-state index in [1.165, 1.54) is 25.7 Å². The molecule has 0 aromatic carbocycles. The zero-order valence-electron chi connectivity index (χ0n) is 10.9. The summed E-state index contributed by atoms with van der Waals surface area (Å²) in [5, 5.41) is 0. The van der Waals surface area contributed by atoms with Gasteiger partial charge in [0.1, 0.15) is 0 Å². The van der Waals surface area contributed by atoms with Crippen molar-refractivity contribution in [3.05, 3.63) is 0 Å². The van der Waals surface area contributed by atoms with Crippen molar-refractivity contribution in [1.82, 2.24) is 4.90 Å². The van der Waals surface area contributed by atoms with Crippen LogP contribution in [-0.4, -0.2) is 50.5 Å². The SMILES string of the molecule is CCS(=O)(=O)CCN(CCCN)C1CCCC1. The Morgan fingerprint density at radius 2 is 1.88 bits per heavy atom. The maximum Gasteiger partial charge on any atom is 0.151 e. The van der Waals surface area contributed by atoms with Gasteiger partial charge in [-0.1, -0.05) is 19.8 Å². The second kappa shape index (κ2) is 7.34. The van der Waals surface area contributed by atoms with Crippen LogP contribution in [0.25, 0.3) is 0 Å². The Balaban J connectivity index is 2.45. The molecule has 0 heterocycles. The lowest BCUT2D eigenvalue weighted by atomic mass is 10.2. The molecular weight excluding hydrogens is 236 g/mol. The van der Waals surface area contributed by atoms with Crippen LogP contribution in [0.15, 0.2) is 0 Å². The summed E-state index contributed by atoms with van der Waals surface area (Å²) in [5.74, 6) is 0.549. The molecule has 0 aromatic rings. The molecule has 102 valence electrons. The monoisotopic (exact) mass is 262 g/mol. The van der Waals surface area contributed by atoms with Gasteiger partial charge < -0.3 is 5.73 Å². The third kappa shape index (κ3) is 5.36. The van der Waals surface area contributed by atoms with Gasteiger partial charge in [-0.25, -0.2) is 8.42 Å². The molecule has 1 fully saturated rings. The lowest BCUT2D eigenvalue weighted by Crippen LogP contribution is -2.38. The number of nitrogens with two attached hydrogens (primary N) is 1. The van der Waals surface area contributed by atoms with Crippen LogP contribution >= 0.6 is 0 Å². The average molecular weight is 262 g/mol. The number of hydrogen-bond donors (Lipinski definition) is 1. The van der Waals surface area contributed by atoms with Gasteiger partial charge in [-0.2, -0.15) is 0 Å². The van der Waals surface area contributed by atoms with Gasteiger partial charge in [-0.3, -0.25) is 4.90 Å². The normalized spacial score (nSPS) is 18.1. The molecule has 1 saturated carbocycles. The molecule has 0 amide bonds. The summed E-state index contributed by atoms with van der Waals surface area (Å²) >= 11 is 0. The van der Waals surface area contributed by atoms with Gasteiger partial charge in [0, 0.05) is 18.3 Å². The minimum absolute atomic E-state index is 0.252. The van der Waals surface area contributed by atoms with E-state index >= 15 is 0 Å². The van der Waals surface area contributed by atoms with Crippen molar-refractivity contribution >= 4 is 9.84 Å². The maximum atomic E-state index is 11.5. The van der Waals surface area contributed by atoms with Crippen LogP contribution in [0, 0.1) is 0 Å². The minimum atomic E-state index is -2.84. The summed E-state index contributed by atoms with van der Waals surface area (Å²) in [5.41, 5.74) is 5.54. The highest BCUT2D eigenvalue weighted by Gasteiger charge is 2.23. The van der Waals surface area contributed by atoms with Crippen molar-refractivity contribution in [3.63, 3.8) is 0 Å². The second-order valence-electron chi connectivity index (χ2n) is 4.85. The Hall–Kier alpha value is -0.130. The van der Waals surface area contributed by atoms with Crippen molar-refractivity contribution in [3.8, 4) is 0 Å². The van der Waals surface area contributed by atoms with Gasteiger partial charge in [0.25, 0.3) is 0 Å². The number of sulfone groups is 1. The summed E-state index contributed by atoms with van der Waals surface area (Å²) in [6.07, 6.45) is 5.96. The molecule has 0 unspecified atom stereocenters. The van der Waals surface area contributed by atoms with E-state index in [-0.39, 0.29) is 5.75 Å². The molecule has 0 saturated heterocycles. The minimum Gasteiger partial charge on any atom is -0.330 e. The van der Waals surface area contributed by atoms with Crippen LogP contribution in [-0.2, 0) is 9.84 Å². The zero-order valence-corrected chi connectivity index (χ0v) is 11.7. The van der Waals surface area contributed by atoms with Crippen LogP contribution in [0.4, 0.5) is 0 Å². The summed E-state index contributed by atoms with van der Waals surface area (Å²) in [7, 11) is -2.84. The molecule has 4 nitrogen and oxygen atoms in total. The summed E-state index contributed by atoms with van der Waals surface area (Å²) in [4.78, 5) is 2.34. The number of nitrogens with zero attached hydrogens (tertiary/aromatic N) is 1. The molecule has 0 aromatic heterocycles. The molecule has 0 bridgehead atoms. The fourth-order valence-corrected chi connectivity index (χ4v) is 3.24. The van der Waals surface area contributed by atoms with Gasteiger partial charge in [0.05, 0.1) is 5.75 Å². The highest BCUT2D eigenvalue weighted by atomic mass is 32.2. The Kier molecular flexibility index (Phi) is 6.44. The van der Waals surface area contributed by atoms with E-state index in [2.05, 4.69) is 4.90 Å². The molecule has 0 spiro atoms. The third-order valence-corrected chi connectivity index (χ3v) is 5.30. The molecule has 17 heavy (non-hydrogen) atoms. The molecule has 0 atom stereocenters. The van der Waals surface area contributed by atoms with E-state index in [4.69, 9.17) is 5.73 Å². The summed E-state index contributed by atoms with van der Waals surface area (Å²) in [6, 6.07) is 0.591. The van der Waals surface area contributed by atoms with Crippen molar-refractivity contribution in [2.75, 3.05) is 31.1 Å². The topological polar surface area (TPSA) is 63.4 Å². The Morgan fingerprint density at radius 3 is 2.41 bits per heavy atom. The molecule has 2 N–H and O–H groups in total. The molecule has 0 radical (unpaired) electrons. The Bertz CT molecular complexity index is 298. The van der Waals surface area contributed by atoms with Crippen molar-refractivity contribution in [2.24, 2.45) is 5.73 Å². The fraction of sp³-hybridized carbons (Fsp3) is 1.00. The quantitative estimate of drug-likeness (QED) is 0.709. The van der Waals surface area contributed by atoms with E-state index in [9.17, 15) is 8.42 Å². The molecule has 1 aliphatic rings. The smallest absolute Gasteiger partial charge is 0.151 e. The van der Waals surface area contributed by atoms with E-state index in [0.717, 1.165) is 13.0 Å². The average Bonchev–Trinajstić information content (AvgIpc) is 2.83. The number of rotatable bonds is 8. The van der Waals surface area contributed by atoms with Gasteiger partial charge in [0.2, 0.25) is 0 Å². The van der Waals surface area contributed by atoms with Crippen LogP contribution in [0.1, 0.15) is 39.0 Å². The molecule has 0 aliphatic heterocycles. The summed E-state index contributed by atoms with van der Waals surface area (Å²) in [6.45, 7) is 4.03. The van der Waals surface area contributed by atoms with Crippen LogP contribution in [0.2, 0.25) is 0 Å². The molecule has 5 heteroatoms. The molecule has 1 rings (SSSR count). The predicted octanol–water partition coefficient (Wildman–Crippen LogP) is 1.01. The maximum absolute atomic E-state index is 11.5. The van der Waals surface area contributed by atoms with Gasteiger partial charge in [-0.15, -0.1) is 0 Å². The van der Waals surface area contributed by atoms with Crippen LogP contribution in [0.3, 0.4) is 0 Å². The van der Waals surface area contributed by atoms with Crippen LogP contribution < -0.4 is 5.73 Å². The predicted molar refractivity (Wildman–Crippen MR) is 71.8 cm³/mol. The molecular formula is C12H26N2O2S. The van der Waals surface area contributed by atoms with Gasteiger partial charge in [-0.05, 0) is 32.4 Å². The van der Waals surface area contributed by atoms with E-state index in [1.54, 1.807) is 6.92 Å². The first-order valence-electron chi connectivity index (χ1n) is 6.73. The highest BCUT2D eigenvalue weighted by molar-refractivity contribution is 7.91. The van der Waals surface area contributed by atoms with Gasteiger partial charge >= 0.3 is 0 Å². The summed E-state index contributed by atoms with van der Waals surface area (Å²) < 4.78 is 23.1. The first-order valence-corrected chi connectivity index (χ1v) is 8.55. The first-order chi connectivity index (χ1) is 8.09. The van der Waals surface area contributed by atoms with Crippen molar-refractivity contribution in [2.45, 2.75) is 45.1 Å². The van der Waals surface area contributed by atoms with E-state index in [1.807, 2.05) is 0 Å². The largest absolute Gasteiger partial charge is 0.330 e. The lowest BCUT2D eigenvalue weighted by molar-refractivity contribution is 0.208. The zero-order chi connectivity index (χ0) is 12.7. The van der Waals surface area contributed by atoms with Crippen molar-refractivity contribution in [1.29, 1.82) is 0 Å².